The maximum atomic E-state index is 12.3. The number of hydrogen-bond donors (Lipinski definition) is 0. The average molecular weight is 354 g/mol. The number of likely N-dealkylation sites (N-methyl/N-ethyl adjacent to an activating group) is 1. The standard InChI is InChI=1S/C16H14N6O2S/c1-21(8-15-18-11-4-2-3-5-12(11)25-15)16(23)9-24-14-7-6-13-19-17-10-22(13)20-14/h2-7,10H,8-9H2,1H3. The van der Waals surface area contributed by atoms with Gasteiger partial charge < -0.3 is 9.64 Å². The summed E-state index contributed by atoms with van der Waals surface area (Å²) < 4.78 is 8.07. The summed E-state index contributed by atoms with van der Waals surface area (Å²) in [5, 5.41) is 12.7. The van der Waals surface area contributed by atoms with Crippen molar-refractivity contribution in [1.82, 2.24) is 29.7 Å². The monoisotopic (exact) mass is 354 g/mol. The largest absolute Gasteiger partial charge is 0.467 e. The van der Waals surface area contributed by atoms with Gasteiger partial charge in [0.1, 0.15) is 11.3 Å². The second kappa shape index (κ2) is 6.44. The van der Waals surface area contributed by atoms with E-state index in [1.165, 1.54) is 10.8 Å². The summed E-state index contributed by atoms with van der Waals surface area (Å²) >= 11 is 1.58. The van der Waals surface area contributed by atoms with E-state index in [2.05, 4.69) is 20.3 Å². The number of aromatic nitrogens is 5. The Balaban J connectivity index is 1.38. The van der Waals surface area contributed by atoms with Gasteiger partial charge in [-0.15, -0.1) is 26.6 Å². The van der Waals surface area contributed by atoms with Crippen LogP contribution in [0.25, 0.3) is 15.9 Å². The first-order chi connectivity index (χ1) is 12.2. The molecule has 8 nitrogen and oxygen atoms in total. The van der Waals surface area contributed by atoms with Crippen molar-refractivity contribution in [2.24, 2.45) is 0 Å². The van der Waals surface area contributed by atoms with Gasteiger partial charge in [0, 0.05) is 13.1 Å². The molecule has 1 amide bonds. The van der Waals surface area contributed by atoms with Gasteiger partial charge in [0.25, 0.3) is 5.91 Å². The van der Waals surface area contributed by atoms with Crippen molar-refractivity contribution in [1.29, 1.82) is 0 Å². The van der Waals surface area contributed by atoms with E-state index in [0.717, 1.165) is 15.2 Å². The van der Waals surface area contributed by atoms with Gasteiger partial charge in [-0.25, -0.2) is 4.98 Å². The van der Waals surface area contributed by atoms with Gasteiger partial charge in [-0.3, -0.25) is 4.79 Å². The van der Waals surface area contributed by atoms with Gasteiger partial charge in [-0.05, 0) is 18.2 Å². The SMILES string of the molecule is CN(Cc1nc2ccccc2s1)C(=O)COc1ccc2nncn2n1. The zero-order valence-electron chi connectivity index (χ0n) is 13.4. The predicted molar refractivity (Wildman–Crippen MR) is 92.4 cm³/mol. The molecule has 0 bridgehead atoms. The zero-order chi connectivity index (χ0) is 17.2. The summed E-state index contributed by atoms with van der Waals surface area (Å²) in [5.41, 5.74) is 1.57. The Kier molecular flexibility index (Phi) is 3.98. The summed E-state index contributed by atoms with van der Waals surface area (Å²) in [4.78, 5) is 18.4. The maximum Gasteiger partial charge on any atom is 0.260 e. The van der Waals surface area contributed by atoms with Gasteiger partial charge in [-0.1, -0.05) is 12.1 Å². The van der Waals surface area contributed by atoms with Crippen LogP contribution in [0.1, 0.15) is 5.01 Å². The molecule has 0 aliphatic heterocycles. The highest BCUT2D eigenvalue weighted by atomic mass is 32.1. The number of ether oxygens (including phenoxy) is 1. The van der Waals surface area contributed by atoms with E-state index < -0.39 is 0 Å². The van der Waals surface area contributed by atoms with E-state index in [1.807, 2.05) is 24.3 Å². The van der Waals surface area contributed by atoms with Crippen LogP contribution >= 0.6 is 11.3 Å². The first-order valence-corrected chi connectivity index (χ1v) is 8.39. The van der Waals surface area contributed by atoms with Crippen LogP contribution in [-0.4, -0.2) is 49.3 Å². The normalized spacial score (nSPS) is 11.1. The third kappa shape index (κ3) is 3.26. The Bertz CT molecular complexity index is 1010. The topological polar surface area (TPSA) is 85.5 Å². The van der Waals surface area contributed by atoms with Gasteiger partial charge >= 0.3 is 0 Å². The Hall–Kier alpha value is -3.07. The number of fused-ring (bicyclic) bond motifs is 2. The second-order valence-electron chi connectivity index (χ2n) is 5.42. The fraction of sp³-hybridized carbons (Fsp3) is 0.188. The molecule has 0 aliphatic carbocycles. The van der Waals surface area contributed by atoms with Crippen LogP contribution in [0.5, 0.6) is 5.88 Å². The minimum absolute atomic E-state index is 0.0952. The lowest BCUT2D eigenvalue weighted by atomic mass is 10.3. The van der Waals surface area contributed by atoms with Crippen molar-refractivity contribution in [2.45, 2.75) is 6.54 Å². The van der Waals surface area contributed by atoms with Crippen LogP contribution in [0.4, 0.5) is 0 Å². The third-order valence-corrected chi connectivity index (χ3v) is 4.64. The molecule has 3 heterocycles. The quantitative estimate of drug-likeness (QED) is 0.543. The number of benzene rings is 1. The van der Waals surface area contributed by atoms with E-state index in [1.54, 1.807) is 35.4 Å². The van der Waals surface area contributed by atoms with Gasteiger partial charge in [0.15, 0.2) is 12.3 Å². The van der Waals surface area contributed by atoms with Crippen LogP contribution < -0.4 is 4.74 Å². The van der Waals surface area contributed by atoms with E-state index >= 15 is 0 Å². The molecule has 1 aromatic carbocycles. The number of nitrogens with zero attached hydrogens (tertiary/aromatic N) is 6. The lowest BCUT2D eigenvalue weighted by Crippen LogP contribution is -2.31. The van der Waals surface area contributed by atoms with Gasteiger partial charge in [-0.2, -0.15) is 4.52 Å². The Morgan fingerprint density at radius 3 is 3.04 bits per heavy atom. The third-order valence-electron chi connectivity index (χ3n) is 3.62. The molecule has 0 fully saturated rings. The number of amides is 1. The highest BCUT2D eigenvalue weighted by Gasteiger charge is 2.13. The lowest BCUT2D eigenvalue weighted by molar-refractivity contribution is -0.132. The van der Waals surface area contributed by atoms with Crippen molar-refractivity contribution in [3.63, 3.8) is 0 Å². The van der Waals surface area contributed by atoms with Crippen molar-refractivity contribution < 1.29 is 9.53 Å². The highest BCUT2D eigenvalue weighted by Crippen LogP contribution is 2.22. The molecule has 126 valence electrons. The molecule has 9 heteroatoms. The molecule has 0 spiro atoms. The van der Waals surface area contributed by atoms with E-state index in [-0.39, 0.29) is 12.5 Å². The van der Waals surface area contributed by atoms with Crippen molar-refractivity contribution >= 4 is 33.1 Å². The summed E-state index contributed by atoms with van der Waals surface area (Å²) in [6.07, 6.45) is 1.48. The van der Waals surface area contributed by atoms with Gasteiger partial charge in [0.05, 0.1) is 16.8 Å². The van der Waals surface area contributed by atoms with Crippen molar-refractivity contribution in [2.75, 3.05) is 13.7 Å². The van der Waals surface area contributed by atoms with Crippen LogP contribution in [-0.2, 0) is 11.3 Å². The minimum Gasteiger partial charge on any atom is -0.467 e. The summed E-state index contributed by atoms with van der Waals surface area (Å²) in [6.45, 7) is 0.349. The first kappa shape index (κ1) is 15.5. The van der Waals surface area contributed by atoms with E-state index in [4.69, 9.17) is 4.74 Å². The number of carbonyl (C=O) groups excluding carboxylic acids is 1. The number of para-hydroxylation sites is 1. The van der Waals surface area contributed by atoms with Crippen molar-refractivity contribution in [3.8, 4) is 5.88 Å². The number of hydrogen-bond acceptors (Lipinski definition) is 7. The van der Waals surface area contributed by atoms with Crippen LogP contribution in [0.3, 0.4) is 0 Å². The molecule has 0 aliphatic rings. The molecule has 0 unspecified atom stereocenters. The smallest absolute Gasteiger partial charge is 0.260 e. The van der Waals surface area contributed by atoms with E-state index in [9.17, 15) is 4.79 Å². The zero-order valence-corrected chi connectivity index (χ0v) is 14.2. The van der Waals surface area contributed by atoms with Gasteiger partial charge in [0.2, 0.25) is 5.88 Å². The van der Waals surface area contributed by atoms with E-state index in [0.29, 0.717) is 18.1 Å². The average Bonchev–Trinajstić information content (AvgIpc) is 3.24. The van der Waals surface area contributed by atoms with Crippen LogP contribution in [0.15, 0.2) is 42.7 Å². The number of rotatable bonds is 5. The molecule has 0 saturated heterocycles. The first-order valence-electron chi connectivity index (χ1n) is 7.57. The molecular weight excluding hydrogens is 340 g/mol. The fourth-order valence-corrected chi connectivity index (χ4v) is 3.33. The minimum atomic E-state index is -0.148. The molecule has 0 atom stereocenters. The molecule has 0 N–H and O–H groups in total. The number of thiazole rings is 1. The molecular formula is C16H14N6O2S. The molecule has 4 rings (SSSR count). The lowest BCUT2D eigenvalue weighted by Gasteiger charge is -2.15. The molecule has 3 aromatic heterocycles. The number of carbonyl (C=O) groups is 1. The van der Waals surface area contributed by atoms with Crippen molar-refractivity contribution in [3.05, 3.63) is 47.7 Å². The molecule has 4 aromatic rings. The molecule has 0 radical (unpaired) electrons. The predicted octanol–water partition coefficient (Wildman–Crippen LogP) is 1.77. The summed E-state index contributed by atoms with van der Waals surface area (Å²) in [5.74, 6) is 0.193. The summed E-state index contributed by atoms with van der Waals surface area (Å²) in [6, 6.07) is 11.3. The molecule has 25 heavy (non-hydrogen) atoms. The Labute approximate surface area is 146 Å². The highest BCUT2D eigenvalue weighted by molar-refractivity contribution is 7.18. The Morgan fingerprint density at radius 2 is 2.16 bits per heavy atom. The van der Waals surface area contributed by atoms with Crippen LogP contribution in [0.2, 0.25) is 0 Å². The van der Waals surface area contributed by atoms with Crippen LogP contribution in [0, 0.1) is 0 Å². The maximum absolute atomic E-state index is 12.3. The fourth-order valence-electron chi connectivity index (χ4n) is 2.31. The molecule has 0 saturated carbocycles. The second-order valence-corrected chi connectivity index (χ2v) is 6.53. The summed E-state index contributed by atoms with van der Waals surface area (Å²) in [7, 11) is 1.73. The Morgan fingerprint density at radius 1 is 1.28 bits per heavy atom.